The lowest BCUT2D eigenvalue weighted by Gasteiger charge is -2.18. The predicted octanol–water partition coefficient (Wildman–Crippen LogP) is 3.29. The molecule has 4 rings (SSSR count). The van der Waals surface area contributed by atoms with Crippen molar-refractivity contribution in [3.8, 4) is 11.3 Å². The van der Waals surface area contributed by atoms with Gasteiger partial charge in [-0.15, -0.1) is 0 Å². The molecule has 4 aromatic rings. The Kier molecular flexibility index (Phi) is 8.29. The number of amides is 1. The van der Waals surface area contributed by atoms with Crippen molar-refractivity contribution in [1.82, 2.24) is 25.0 Å². The van der Waals surface area contributed by atoms with Gasteiger partial charge in [-0.05, 0) is 41.8 Å². The number of hydrogen-bond donors (Lipinski definition) is 5. The van der Waals surface area contributed by atoms with E-state index in [-0.39, 0.29) is 23.0 Å². The summed E-state index contributed by atoms with van der Waals surface area (Å²) in [4.78, 5) is 19.9. The lowest BCUT2D eigenvalue weighted by molar-refractivity contribution is -0.119. The van der Waals surface area contributed by atoms with Gasteiger partial charge in [0, 0.05) is 36.7 Å². The highest BCUT2D eigenvalue weighted by Crippen LogP contribution is 2.31. The molecule has 0 spiro atoms. The number of nitrogens with two attached hydrogens (primary N) is 1. The molecule has 0 fully saturated rings. The van der Waals surface area contributed by atoms with Crippen molar-refractivity contribution in [2.75, 3.05) is 25.0 Å². The van der Waals surface area contributed by atoms with E-state index in [4.69, 9.17) is 17.3 Å². The average Bonchev–Trinajstić information content (AvgIpc) is 3.34. The van der Waals surface area contributed by atoms with Gasteiger partial charge in [0.15, 0.2) is 23.1 Å². The number of carbonyl (C=O) groups is 1. The van der Waals surface area contributed by atoms with Gasteiger partial charge in [-0.25, -0.2) is 18.7 Å². The fraction of sp³-hybridized carbons (Fsp3) is 0.240. The number of rotatable bonds is 10. The van der Waals surface area contributed by atoms with Gasteiger partial charge in [-0.1, -0.05) is 24.6 Å². The van der Waals surface area contributed by atoms with E-state index < -0.39 is 17.9 Å². The summed E-state index contributed by atoms with van der Waals surface area (Å²) >= 11 is 5.69. The van der Waals surface area contributed by atoms with E-state index >= 15 is 0 Å². The van der Waals surface area contributed by atoms with Crippen molar-refractivity contribution in [1.29, 1.82) is 0 Å². The van der Waals surface area contributed by atoms with Crippen molar-refractivity contribution < 1.29 is 18.7 Å². The van der Waals surface area contributed by atoms with Gasteiger partial charge in [0.2, 0.25) is 5.91 Å². The fourth-order valence-corrected chi connectivity index (χ4v) is 4.06. The number of benzene rings is 2. The summed E-state index contributed by atoms with van der Waals surface area (Å²) in [6, 6.07) is 8.16. The zero-order valence-electron chi connectivity index (χ0n) is 19.9. The van der Waals surface area contributed by atoms with Crippen molar-refractivity contribution >= 4 is 34.7 Å². The Labute approximate surface area is 216 Å². The third kappa shape index (κ3) is 5.70. The summed E-state index contributed by atoms with van der Waals surface area (Å²) in [6.45, 7) is 2.58. The standard InChI is InChI=1S/C25H26ClF2N7O2/c1-2-14-11-15(3-4-16(14)25(37)32-8-7-30-20(36)12-29)34-23-24-33-13-19(35(24)10-9-31-23)17-5-6-18(26)22(28)21(17)27/h3-6,9-11,13,25,32,37H,2,7-8,12,29H2,1H3,(H,30,36)(H,31,34). The Morgan fingerprint density at radius 3 is 2.76 bits per heavy atom. The van der Waals surface area contributed by atoms with Crippen molar-refractivity contribution in [2.45, 2.75) is 19.6 Å². The van der Waals surface area contributed by atoms with Gasteiger partial charge in [0.05, 0.1) is 23.5 Å². The van der Waals surface area contributed by atoms with Crippen LogP contribution in [0.1, 0.15) is 24.3 Å². The highest BCUT2D eigenvalue weighted by molar-refractivity contribution is 6.30. The summed E-state index contributed by atoms with van der Waals surface area (Å²) in [5.41, 5.74) is 8.33. The van der Waals surface area contributed by atoms with Gasteiger partial charge >= 0.3 is 0 Å². The summed E-state index contributed by atoms with van der Waals surface area (Å²) in [7, 11) is 0. The molecule has 12 heteroatoms. The molecular weight excluding hydrogens is 504 g/mol. The number of nitrogens with zero attached hydrogens (tertiary/aromatic N) is 3. The number of aliphatic hydroxyl groups is 1. The second-order valence-corrected chi connectivity index (χ2v) is 8.55. The Morgan fingerprint density at radius 2 is 2.00 bits per heavy atom. The molecule has 0 aliphatic heterocycles. The van der Waals surface area contributed by atoms with Crippen LogP contribution in [0.15, 0.2) is 48.9 Å². The van der Waals surface area contributed by atoms with E-state index in [2.05, 4.69) is 25.9 Å². The maximum Gasteiger partial charge on any atom is 0.233 e. The van der Waals surface area contributed by atoms with E-state index in [1.807, 2.05) is 13.0 Å². The van der Waals surface area contributed by atoms with Gasteiger partial charge in [0.1, 0.15) is 6.23 Å². The first kappa shape index (κ1) is 26.4. The van der Waals surface area contributed by atoms with Crippen molar-refractivity contribution in [3.05, 3.63) is 76.7 Å². The summed E-state index contributed by atoms with van der Waals surface area (Å²) in [5, 5.41) is 19.1. The third-order valence-corrected chi connectivity index (χ3v) is 6.08. The van der Waals surface area contributed by atoms with Crippen LogP contribution in [-0.2, 0) is 11.2 Å². The molecular formula is C25H26ClF2N7O2. The number of aromatic nitrogens is 3. The first-order chi connectivity index (χ1) is 17.8. The number of aryl methyl sites for hydroxylation is 1. The van der Waals surface area contributed by atoms with E-state index in [9.17, 15) is 18.7 Å². The van der Waals surface area contributed by atoms with E-state index in [1.54, 1.807) is 22.7 Å². The van der Waals surface area contributed by atoms with Crippen molar-refractivity contribution in [3.63, 3.8) is 0 Å². The molecule has 6 N–H and O–H groups in total. The lowest BCUT2D eigenvalue weighted by Crippen LogP contribution is -2.36. The first-order valence-electron chi connectivity index (χ1n) is 11.6. The predicted molar refractivity (Wildman–Crippen MR) is 137 cm³/mol. The second kappa shape index (κ2) is 11.6. The minimum atomic E-state index is -1.12. The molecule has 1 atom stereocenters. The largest absolute Gasteiger partial charge is 0.374 e. The minimum Gasteiger partial charge on any atom is -0.374 e. The number of halogens is 3. The SMILES string of the molecule is CCc1cc(Nc2nccn3c(-c4ccc(Cl)c(F)c4F)cnc23)ccc1C(O)NCCNC(=O)CN. The van der Waals surface area contributed by atoms with Gasteiger partial charge in [0.25, 0.3) is 0 Å². The van der Waals surface area contributed by atoms with E-state index in [1.165, 1.54) is 24.5 Å². The summed E-state index contributed by atoms with van der Waals surface area (Å²) in [6.07, 6.45) is 4.29. The summed E-state index contributed by atoms with van der Waals surface area (Å²) in [5.74, 6) is -2.03. The normalized spacial score (nSPS) is 12.1. The van der Waals surface area contributed by atoms with Crippen LogP contribution in [0.2, 0.25) is 5.02 Å². The van der Waals surface area contributed by atoms with Crippen LogP contribution in [0, 0.1) is 11.6 Å². The van der Waals surface area contributed by atoms with Gasteiger partial charge in [-0.2, -0.15) is 0 Å². The molecule has 0 aliphatic rings. The van der Waals surface area contributed by atoms with Crippen molar-refractivity contribution in [2.24, 2.45) is 5.73 Å². The number of anilines is 2. The molecule has 194 valence electrons. The van der Waals surface area contributed by atoms with Crippen LogP contribution in [0.4, 0.5) is 20.3 Å². The molecule has 2 aromatic carbocycles. The molecule has 37 heavy (non-hydrogen) atoms. The Morgan fingerprint density at radius 1 is 1.19 bits per heavy atom. The highest BCUT2D eigenvalue weighted by atomic mass is 35.5. The number of hydrogen-bond acceptors (Lipinski definition) is 7. The smallest absolute Gasteiger partial charge is 0.233 e. The molecule has 0 bridgehead atoms. The van der Waals surface area contributed by atoms with Gasteiger partial charge in [-0.3, -0.25) is 14.5 Å². The average molecular weight is 530 g/mol. The third-order valence-electron chi connectivity index (χ3n) is 5.79. The zero-order valence-corrected chi connectivity index (χ0v) is 20.7. The maximum absolute atomic E-state index is 14.6. The Hall–Kier alpha value is -3.64. The quantitative estimate of drug-likeness (QED) is 0.121. The van der Waals surface area contributed by atoms with Crippen LogP contribution in [0.25, 0.3) is 16.9 Å². The molecule has 0 saturated carbocycles. The number of imidazole rings is 1. The molecule has 1 unspecified atom stereocenters. The zero-order chi connectivity index (χ0) is 26.5. The van der Waals surface area contributed by atoms with Crippen LogP contribution in [-0.4, -0.2) is 45.0 Å². The number of aliphatic hydroxyl groups excluding tert-OH is 1. The van der Waals surface area contributed by atoms with Crippen LogP contribution in [0.5, 0.6) is 0 Å². The van der Waals surface area contributed by atoms with E-state index in [0.29, 0.717) is 47.9 Å². The Balaban J connectivity index is 1.55. The maximum atomic E-state index is 14.6. The van der Waals surface area contributed by atoms with Crippen LogP contribution in [0.3, 0.4) is 0 Å². The fourth-order valence-electron chi connectivity index (χ4n) is 3.92. The second-order valence-electron chi connectivity index (χ2n) is 8.14. The number of nitrogens with one attached hydrogen (secondary N) is 3. The number of fused-ring (bicyclic) bond motifs is 1. The minimum absolute atomic E-state index is 0.0215. The lowest BCUT2D eigenvalue weighted by atomic mass is 10.0. The molecule has 9 nitrogen and oxygen atoms in total. The monoisotopic (exact) mass is 529 g/mol. The van der Waals surface area contributed by atoms with Gasteiger partial charge < -0.3 is 21.5 Å². The highest BCUT2D eigenvalue weighted by Gasteiger charge is 2.18. The molecule has 0 radical (unpaired) electrons. The molecule has 2 aromatic heterocycles. The van der Waals surface area contributed by atoms with Crippen LogP contribution < -0.4 is 21.7 Å². The van der Waals surface area contributed by atoms with Crippen LogP contribution >= 0.6 is 11.6 Å². The first-order valence-corrected chi connectivity index (χ1v) is 12.0. The molecule has 1 amide bonds. The summed E-state index contributed by atoms with van der Waals surface area (Å²) < 4.78 is 30.2. The molecule has 0 saturated heterocycles. The number of carbonyl (C=O) groups excluding carboxylic acids is 1. The topological polar surface area (TPSA) is 130 Å². The molecule has 0 aliphatic carbocycles. The molecule has 2 heterocycles. The van der Waals surface area contributed by atoms with E-state index in [0.717, 1.165) is 5.56 Å². The Bertz CT molecular complexity index is 1430.